The van der Waals surface area contributed by atoms with E-state index in [1.807, 2.05) is 25.9 Å². The van der Waals surface area contributed by atoms with E-state index in [-0.39, 0.29) is 16.8 Å². The summed E-state index contributed by atoms with van der Waals surface area (Å²) in [5.41, 5.74) is 2.59. The first-order valence-electron chi connectivity index (χ1n) is 3.11. The van der Waals surface area contributed by atoms with Gasteiger partial charge in [0, 0.05) is 23.0 Å². The van der Waals surface area contributed by atoms with Crippen molar-refractivity contribution in [3.63, 3.8) is 0 Å². The van der Waals surface area contributed by atoms with Crippen LogP contribution >= 0.6 is 0 Å². The van der Waals surface area contributed by atoms with Crippen molar-refractivity contribution in [2.24, 2.45) is 0 Å². The maximum Gasteiger partial charge on any atom is 0.150 e. The Morgan fingerprint density at radius 1 is 1.45 bits per heavy atom. The van der Waals surface area contributed by atoms with E-state index in [1.165, 1.54) is 0 Å². The second kappa shape index (κ2) is 4.18. The van der Waals surface area contributed by atoms with Crippen LogP contribution in [0.2, 0.25) is 0 Å². The average Bonchev–Trinajstić information content (AvgIpc) is 1.88. The van der Waals surface area contributed by atoms with Crippen LogP contribution in [0.25, 0.3) is 0 Å². The van der Waals surface area contributed by atoms with Crippen LogP contribution in [0, 0.1) is 0 Å². The van der Waals surface area contributed by atoms with Crippen LogP contribution in [0.4, 0.5) is 0 Å². The Bertz CT molecular complexity index is 259. The smallest absolute Gasteiger partial charge is 0.150 e. The predicted molar refractivity (Wildman–Crippen MR) is 39.9 cm³/mol. The minimum Gasteiger partial charge on any atom is -0.352 e. The van der Waals surface area contributed by atoms with E-state index < -0.39 is 0 Å². The molecule has 1 radical (unpaired) electrons. The Hall–Kier alpha value is -0.764. The first-order valence-corrected chi connectivity index (χ1v) is 3.11. The Morgan fingerprint density at radius 2 is 2.09 bits per heavy atom. The number of dihydropyridines is 1. The van der Waals surface area contributed by atoms with Gasteiger partial charge in [-0.15, -0.1) is 0 Å². The van der Waals surface area contributed by atoms with E-state index in [1.54, 1.807) is 6.20 Å². The quantitative estimate of drug-likeness (QED) is 0.586. The van der Waals surface area contributed by atoms with E-state index in [0.717, 1.165) is 11.1 Å². The van der Waals surface area contributed by atoms with Gasteiger partial charge in [-0.1, -0.05) is 6.08 Å². The van der Waals surface area contributed by atoms with Gasteiger partial charge in [0.25, 0.3) is 0 Å². The van der Waals surface area contributed by atoms with Gasteiger partial charge in [-0.2, -0.15) is 0 Å². The number of hydrogen-bond donors (Lipinski definition) is 1. The Balaban J connectivity index is 0.000001000. The molecule has 1 rings (SSSR count). The fourth-order valence-corrected chi connectivity index (χ4v) is 0.865. The second-order valence-corrected chi connectivity index (χ2v) is 2.34. The monoisotopic (exact) mass is 194 g/mol. The van der Waals surface area contributed by atoms with Crippen LogP contribution in [0.5, 0.6) is 0 Å². The molecule has 0 saturated carbocycles. The largest absolute Gasteiger partial charge is 0.352 e. The fraction of sp³-hybridized carbons (Fsp3) is 0.250. The molecule has 0 spiro atoms. The molecule has 0 atom stereocenters. The summed E-state index contributed by atoms with van der Waals surface area (Å²) in [4.78, 5) is 10.2. The molecule has 11 heavy (non-hydrogen) atoms. The van der Waals surface area contributed by atoms with Crippen molar-refractivity contribution in [2.45, 2.75) is 13.8 Å². The predicted octanol–water partition coefficient (Wildman–Crippen LogP) is 1.15. The van der Waals surface area contributed by atoms with Crippen molar-refractivity contribution in [3.05, 3.63) is 29.1 Å². The van der Waals surface area contributed by atoms with E-state index in [2.05, 4.69) is 5.32 Å². The van der Waals surface area contributed by atoms with E-state index in [4.69, 9.17) is 0 Å². The Kier molecular flexibility index (Phi) is 3.89. The molecular formula is C8H9CoNO. The third-order valence-electron chi connectivity index (χ3n) is 1.38. The summed E-state index contributed by atoms with van der Waals surface area (Å²) < 4.78 is 0. The van der Waals surface area contributed by atoms with Gasteiger partial charge in [0.15, 0.2) is 5.94 Å². The van der Waals surface area contributed by atoms with Crippen molar-refractivity contribution in [2.75, 3.05) is 0 Å². The van der Waals surface area contributed by atoms with Crippen LogP contribution in [0.1, 0.15) is 13.8 Å². The molecule has 0 bridgehead atoms. The normalized spacial score (nSPS) is 15.3. The summed E-state index contributed by atoms with van der Waals surface area (Å²) >= 11 is 0. The summed E-state index contributed by atoms with van der Waals surface area (Å²) in [7, 11) is 0. The number of nitrogens with one attached hydrogen (secondary N) is 1. The number of allylic oxidation sites excluding steroid dienone is 3. The van der Waals surface area contributed by atoms with Crippen LogP contribution in [0.15, 0.2) is 29.1 Å². The first-order chi connectivity index (χ1) is 4.74. The minimum atomic E-state index is 0. The van der Waals surface area contributed by atoms with Crippen LogP contribution in [-0.2, 0) is 21.6 Å². The molecule has 0 unspecified atom stereocenters. The van der Waals surface area contributed by atoms with Gasteiger partial charge < -0.3 is 5.32 Å². The number of rotatable bonds is 0. The molecule has 0 fully saturated rings. The molecule has 0 amide bonds. The zero-order valence-corrected chi connectivity index (χ0v) is 7.44. The third kappa shape index (κ3) is 2.39. The molecule has 3 heteroatoms. The van der Waals surface area contributed by atoms with Crippen molar-refractivity contribution < 1.29 is 21.6 Å². The summed E-state index contributed by atoms with van der Waals surface area (Å²) in [5, 5.41) is 2.83. The second-order valence-electron chi connectivity index (χ2n) is 2.34. The topological polar surface area (TPSA) is 29.1 Å². The fourth-order valence-electron chi connectivity index (χ4n) is 0.865. The average molecular weight is 194 g/mol. The van der Waals surface area contributed by atoms with Gasteiger partial charge in [0.1, 0.15) is 5.70 Å². The molecule has 1 aliphatic rings. The van der Waals surface area contributed by atoms with Crippen LogP contribution in [-0.4, -0.2) is 5.94 Å². The molecular weight excluding hydrogens is 185 g/mol. The van der Waals surface area contributed by atoms with Gasteiger partial charge >= 0.3 is 0 Å². The summed E-state index contributed by atoms with van der Waals surface area (Å²) in [6, 6.07) is 0. The summed E-state index contributed by atoms with van der Waals surface area (Å²) in [6.45, 7) is 3.85. The molecule has 0 aromatic heterocycles. The van der Waals surface area contributed by atoms with Crippen molar-refractivity contribution in [1.82, 2.24) is 5.32 Å². The molecule has 2 nitrogen and oxygen atoms in total. The third-order valence-corrected chi connectivity index (χ3v) is 1.38. The zero-order chi connectivity index (χ0) is 7.56. The van der Waals surface area contributed by atoms with Crippen LogP contribution in [0.3, 0.4) is 0 Å². The zero-order valence-electron chi connectivity index (χ0n) is 6.40. The van der Waals surface area contributed by atoms with E-state index in [9.17, 15) is 4.79 Å². The standard InChI is InChI=1S/C8H9NO.Co/c1-6-3-7(2)8(5-10)9-4-6;/h3-4,9H,1-2H3;. The van der Waals surface area contributed by atoms with Gasteiger partial charge in [-0.25, -0.2) is 4.79 Å². The Morgan fingerprint density at radius 3 is 2.55 bits per heavy atom. The molecule has 61 valence electrons. The van der Waals surface area contributed by atoms with Crippen molar-refractivity contribution >= 4 is 5.94 Å². The maximum atomic E-state index is 10.2. The van der Waals surface area contributed by atoms with Crippen LogP contribution < -0.4 is 5.32 Å². The number of carbonyl (C=O) groups excluding carboxylic acids is 1. The van der Waals surface area contributed by atoms with Crippen molar-refractivity contribution in [1.29, 1.82) is 0 Å². The molecule has 0 aromatic carbocycles. The molecule has 1 aliphatic heterocycles. The summed E-state index contributed by atoms with van der Waals surface area (Å²) in [5.74, 6) is 1.82. The van der Waals surface area contributed by atoms with E-state index in [0.29, 0.717) is 5.70 Å². The summed E-state index contributed by atoms with van der Waals surface area (Å²) in [6.07, 6.45) is 3.73. The first kappa shape index (κ1) is 10.2. The molecule has 0 aromatic rings. The molecule has 0 aliphatic carbocycles. The Labute approximate surface area is 76.3 Å². The van der Waals surface area contributed by atoms with Gasteiger partial charge in [-0.05, 0) is 25.0 Å². The molecule has 1 heterocycles. The molecule has 1 N–H and O–H groups in total. The van der Waals surface area contributed by atoms with Gasteiger partial charge in [0.2, 0.25) is 0 Å². The van der Waals surface area contributed by atoms with Crippen molar-refractivity contribution in [3.8, 4) is 0 Å². The van der Waals surface area contributed by atoms with Gasteiger partial charge in [0.05, 0.1) is 0 Å². The number of hydrogen-bond acceptors (Lipinski definition) is 2. The minimum absolute atomic E-state index is 0. The SMILES string of the molecule is CC1=CNC(=C=O)C(C)=C1.[Co]. The van der Waals surface area contributed by atoms with E-state index >= 15 is 0 Å². The van der Waals surface area contributed by atoms with Gasteiger partial charge in [-0.3, -0.25) is 0 Å². The molecule has 0 saturated heterocycles. The maximum absolute atomic E-state index is 10.2.